The molecular formula is C26H26ClFN6O4S. The first-order chi connectivity index (χ1) is 18.5. The van der Waals surface area contributed by atoms with Crippen LogP contribution in [0.3, 0.4) is 0 Å². The molecule has 4 aromatic rings. The average Bonchev–Trinajstić information content (AvgIpc) is 2.91. The van der Waals surface area contributed by atoms with E-state index in [-0.39, 0.29) is 45.5 Å². The summed E-state index contributed by atoms with van der Waals surface area (Å²) in [7, 11) is -2.33. The van der Waals surface area contributed by atoms with Gasteiger partial charge in [-0.3, -0.25) is 9.20 Å². The van der Waals surface area contributed by atoms with Gasteiger partial charge in [-0.15, -0.1) is 0 Å². The van der Waals surface area contributed by atoms with Crippen LogP contribution in [0.4, 0.5) is 10.2 Å². The SMILES string of the molecule is COc1cc(C)c(S(=O)(=O)N2CCN(c3cn4c(=O)c(C)c(C)nc4c(-c4ccc(Cl)cc4F)n3)CC2)cn1. The van der Waals surface area contributed by atoms with E-state index < -0.39 is 15.8 Å². The fraction of sp³-hybridized carbons (Fsp3) is 0.308. The Balaban J connectivity index is 1.52. The fourth-order valence-corrected chi connectivity index (χ4v) is 6.27. The number of sulfonamides is 1. The molecule has 204 valence electrons. The highest BCUT2D eigenvalue weighted by molar-refractivity contribution is 7.89. The second-order valence-corrected chi connectivity index (χ2v) is 11.6. The molecule has 1 saturated heterocycles. The van der Waals surface area contributed by atoms with Crippen LogP contribution in [-0.4, -0.2) is 65.4 Å². The van der Waals surface area contributed by atoms with Gasteiger partial charge in [0.05, 0.1) is 19.5 Å². The lowest BCUT2D eigenvalue weighted by molar-refractivity contribution is 0.381. The van der Waals surface area contributed by atoms with Gasteiger partial charge in [-0.05, 0) is 44.5 Å². The van der Waals surface area contributed by atoms with E-state index >= 15 is 4.39 Å². The van der Waals surface area contributed by atoms with E-state index in [0.29, 0.717) is 41.6 Å². The molecule has 1 aliphatic heterocycles. The summed E-state index contributed by atoms with van der Waals surface area (Å²) in [5.74, 6) is 0.140. The number of methoxy groups -OCH3 is 1. The molecule has 1 fully saturated rings. The highest BCUT2D eigenvalue weighted by Gasteiger charge is 2.31. The third-order valence-corrected chi connectivity index (χ3v) is 9.14. The molecule has 39 heavy (non-hydrogen) atoms. The summed E-state index contributed by atoms with van der Waals surface area (Å²) in [6.45, 7) is 6.05. The van der Waals surface area contributed by atoms with E-state index in [9.17, 15) is 13.2 Å². The number of piperazine rings is 1. The van der Waals surface area contributed by atoms with Gasteiger partial charge >= 0.3 is 0 Å². The quantitative estimate of drug-likeness (QED) is 0.358. The predicted molar refractivity (Wildman–Crippen MR) is 146 cm³/mol. The Hall–Kier alpha value is -3.61. The molecule has 0 saturated carbocycles. The molecule has 5 rings (SSSR count). The maximum absolute atomic E-state index is 15.0. The molecule has 0 amide bonds. The zero-order valence-electron chi connectivity index (χ0n) is 21.8. The first-order valence-electron chi connectivity index (χ1n) is 12.1. The van der Waals surface area contributed by atoms with Crippen molar-refractivity contribution in [1.29, 1.82) is 0 Å². The monoisotopic (exact) mass is 572 g/mol. The fourth-order valence-electron chi connectivity index (χ4n) is 4.53. The van der Waals surface area contributed by atoms with Gasteiger partial charge in [0.2, 0.25) is 15.9 Å². The van der Waals surface area contributed by atoms with Gasteiger partial charge in [-0.2, -0.15) is 4.31 Å². The van der Waals surface area contributed by atoms with Crippen molar-refractivity contribution >= 4 is 33.1 Å². The van der Waals surface area contributed by atoms with Crippen LogP contribution in [0.25, 0.3) is 16.9 Å². The van der Waals surface area contributed by atoms with Crippen LogP contribution in [0.5, 0.6) is 5.88 Å². The maximum Gasteiger partial charge on any atom is 0.261 e. The molecule has 0 radical (unpaired) electrons. The second kappa shape index (κ2) is 10.2. The van der Waals surface area contributed by atoms with Gasteiger partial charge < -0.3 is 9.64 Å². The summed E-state index contributed by atoms with van der Waals surface area (Å²) in [6, 6.07) is 5.81. The number of halogens is 2. The number of benzene rings is 1. The normalized spacial score (nSPS) is 14.7. The van der Waals surface area contributed by atoms with Crippen LogP contribution in [-0.2, 0) is 10.0 Å². The lowest BCUT2D eigenvalue weighted by Crippen LogP contribution is -2.49. The zero-order chi connectivity index (χ0) is 28.1. The Morgan fingerprint density at radius 1 is 1.05 bits per heavy atom. The lowest BCUT2D eigenvalue weighted by atomic mass is 10.1. The number of rotatable bonds is 5. The standard InChI is InChI=1S/C26H26ClFN6O4S/c1-15-11-23(38-4)29-13-21(15)39(36,37)33-9-7-32(8-10-33)22-14-34-25(30-17(3)16(2)26(34)35)24(31-22)19-6-5-18(27)12-20(19)28/h5-6,11-14H,7-10H2,1-4H3. The largest absolute Gasteiger partial charge is 0.481 e. The number of aromatic nitrogens is 4. The molecule has 1 aliphatic rings. The molecule has 0 N–H and O–H groups in total. The summed E-state index contributed by atoms with van der Waals surface area (Å²) < 4.78 is 49.5. The molecule has 13 heteroatoms. The number of hydrogen-bond donors (Lipinski definition) is 0. The maximum atomic E-state index is 15.0. The summed E-state index contributed by atoms with van der Waals surface area (Å²) in [5.41, 5.74) is 1.79. The third-order valence-electron chi connectivity index (χ3n) is 6.88. The molecular weight excluding hydrogens is 547 g/mol. The van der Waals surface area contributed by atoms with E-state index in [2.05, 4.69) is 9.97 Å². The van der Waals surface area contributed by atoms with Crippen molar-refractivity contribution in [3.8, 4) is 17.1 Å². The van der Waals surface area contributed by atoms with Gasteiger partial charge in [0.1, 0.15) is 22.2 Å². The van der Waals surface area contributed by atoms with Crippen LogP contribution < -0.4 is 15.2 Å². The zero-order valence-corrected chi connectivity index (χ0v) is 23.3. The van der Waals surface area contributed by atoms with Gasteiger partial charge in [-0.25, -0.2) is 27.8 Å². The Morgan fingerprint density at radius 2 is 1.77 bits per heavy atom. The van der Waals surface area contributed by atoms with Crippen molar-refractivity contribution in [1.82, 2.24) is 23.7 Å². The van der Waals surface area contributed by atoms with Gasteiger partial charge in [0.25, 0.3) is 5.56 Å². The topological polar surface area (TPSA) is 110 Å². The number of aryl methyl sites for hydroxylation is 2. The van der Waals surface area contributed by atoms with Crippen LogP contribution in [0.2, 0.25) is 5.02 Å². The number of ether oxygens (including phenoxy) is 1. The second-order valence-electron chi connectivity index (χ2n) is 9.28. The van der Waals surface area contributed by atoms with Crippen LogP contribution in [0.1, 0.15) is 16.8 Å². The van der Waals surface area contributed by atoms with Crippen molar-refractivity contribution in [2.75, 3.05) is 38.2 Å². The van der Waals surface area contributed by atoms with Crippen molar-refractivity contribution in [3.05, 3.63) is 74.7 Å². The van der Waals surface area contributed by atoms with Gasteiger partial charge in [0, 0.05) is 54.1 Å². The first-order valence-corrected chi connectivity index (χ1v) is 13.9. The van der Waals surface area contributed by atoms with Crippen molar-refractivity contribution in [3.63, 3.8) is 0 Å². The molecule has 0 unspecified atom stereocenters. The number of nitrogens with zero attached hydrogens (tertiary/aromatic N) is 6. The van der Waals surface area contributed by atoms with Gasteiger partial charge in [0.15, 0.2) is 5.65 Å². The Labute approximate surface area is 229 Å². The minimum absolute atomic E-state index is 0.115. The molecule has 0 atom stereocenters. The molecule has 3 aromatic heterocycles. The highest BCUT2D eigenvalue weighted by Crippen LogP contribution is 2.30. The summed E-state index contributed by atoms with van der Waals surface area (Å²) in [5, 5.41) is 0.230. The summed E-state index contributed by atoms with van der Waals surface area (Å²) in [6.07, 6.45) is 2.87. The molecule has 4 heterocycles. The van der Waals surface area contributed by atoms with E-state index in [0.717, 1.165) is 0 Å². The molecule has 10 nitrogen and oxygen atoms in total. The van der Waals surface area contributed by atoms with E-state index in [1.807, 2.05) is 4.90 Å². The highest BCUT2D eigenvalue weighted by atomic mass is 35.5. The molecule has 0 spiro atoms. The van der Waals surface area contributed by atoms with E-state index in [1.54, 1.807) is 39.1 Å². The van der Waals surface area contributed by atoms with Crippen molar-refractivity contribution in [2.24, 2.45) is 0 Å². The third kappa shape index (κ3) is 4.83. The lowest BCUT2D eigenvalue weighted by Gasteiger charge is -2.35. The molecule has 1 aromatic carbocycles. The molecule has 0 aliphatic carbocycles. The number of hydrogen-bond acceptors (Lipinski definition) is 8. The van der Waals surface area contributed by atoms with Crippen molar-refractivity contribution in [2.45, 2.75) is 25.7 Å². The van der Waals surface area contributed by atoms with Gasteiger partial charge in [-0.1, -0.05) is 11.6 Å². The van der Waals surface area contributed by atoms with Crippen LogP contribution in [0.15, 0.2) is 46.3 Å². The molecule has 0 bridgehead atoms. The Morgan fingerprint density at radius 3 is 2.41 bits per heavy atom. The van der Waals surface area contributed by atoms with Crippen molar-refractivity contribution < 1.29 is 17.5 Å². The summed E-state index contributed by atoms with van der Waals surface area (Å²) in [4.78, 5) is 28.5. The van der Waals surface area contributed by atoms with E-state index in [4.69, 9.17) is 21.3 Å². The number of anilines is 1. The Kier molecular flexibility index (Phi) is 7.04. The van der Waals surface area contributed by atoms with Crippen LogP contribution >= 0.6 is 11.6 Å². The number of fused-ring (bicyclic) bond motifs is 1. The summed E-state index contributed by atoms with van der Waals surface area (Å²) >= 11 is 5.96. The number of pyridine rings is 1. The predicted octanol–water partition coefficient (Wildman–Crippen LogP) is 3.39. The minimum atomic E-state index is -3.80. The minimum Gasteiger partial charge on any atom is -0.481 e. The average molecular weight is 573 g/mol. The Bertz CT molecular complexity index is 1770. The van der Waals surface area contributed by atoms with Crippen LogP contribution in [0, 0.1) is 26.6 Å². The van der Waals surface area contributed by atoms with E-state index in [1.165, 1.54) is 34.1 Å². The smallest absolute Gasteiger partial charge is 0.261 e. The first kappa shape index (κ1) is 27.0.